The van der Waals surface area contributed by atoms with Crippen LogP contribution in [0, 0.1) is 0 Å². The molecule has 1 unspecified atom stereocenters. The average Bonchev–Trinajstić information content (AvgIpc) is 1.95. The van der Waals surface area contributed by atoms with Gasteiger partial charge >= 0.3 is 0 Å². The Bertz CT molecular complexity index is 110. The fourth-order valence-electron chi connectivity index (χ4n) is 1.41. The number of ether oxygens (including phenoxy) is 1. The number of hydrogen-bond donors (Lipinski definition) is 1. The maximum Gasteiger partial charge on any atom is 0.0601 e. The van der Waals surface area contributed by atoms with E-state index in [1.807, 2.05) is 0 Å². The van der Waals surface area contributed by atoms with Gasteiger partial charge in [-0.3, -0.25) is 0 Å². The highest BCUT2D eigenvalue weighted by atomic mass is 16.5. The summed E-state index contributed by atoms with van der Waals surface area (Å²) in [7, 11) is 1.80. The van der Waals surface area contributed by atoms with Gasteiger partial charge in [0.2, 0.25) is 0 Å². The Morgan fingerprint density at radius 2 is 2.18 bits per heavy atom. The van der Waals surface area contributed by atoms with Crippen molar-refractivity contribution in [2.75, 3.05) is 7.11 Å². The van der Waals surface area contributed by atoms with Gasteiger partial charge in [-0.1, -0.05) is 6.92 Å². The highest BCUT2D eigenvalue weighted by Crippen LogP contribution is 2.22. The van der Waals surface area contributed by atoms with Gasteiger partial charge in [-0.2, -0.15) is 0 Å². The molecule has 1 atom stereocenters. The third-order valence-corrected chi connectivity index (χ3v) is 2.56. The van der Waals surface area contributed by atoms with Crippen molar-refractivity contribution in [3.05, 3.63) is 0 Å². The lowest BCUT2D eigenvalue weighted by atomic mass is 9.88. The molecular weight excluding hydrogens is 138 g/mol. The molecule has 0 radical (unpaired) electrons. The molecule has 2 nitrogen and oxygen atoms in total. The van der Waals surface area contributed by atoms with Gasteiger partial charge in [-0.05, 0) is 26.2 Å². The first-order valence-corrected chi connectivity index (χ1v) is 4.55. The summed E-state index contributed by atoms with van der Waals surface area (Å²) < 4.78 is 5.19. The fraction of sp³-hybridized carbons (Fsp3) is 1.00. The maximum atomic E-state index is 5.19. The van der Waals surface area contributed by atoms with Crippen molar-refractivity contribution in [1.29, 1.82) is 0 Å². The highest BCUT2D eigenvalue weighted by Gasteiger charge is 2.28. The molecule has 11 heavy (non-hydrogen) atoms. The predicted octanol–water partition coefficient (Wildman–Crippen LogP) is 1.55. The van der Waals surface area contributed by atoms with Crippen molar-refractivity contribution in [2.24, 2.45) is 0 Å². The minimum absolute atomic E-state index is 0.525. The van der Waals surface area contributed by atoms with Gasteiger partial charge in [0, 0.05) is 19.2 Å². The molecule has 0 aromatic rings. The SMILES string of the molecule is CCC(C)NC1CC(OC)C1. The Morgan fingerprint density at radius 1 is 1.55 bits per heavy atom. The van der Waals surface area contributed by atoms with Gasteiger partial charge in [0.1, 0.15) is 0 Å². The molecule has 66 valence electrons. The van der Waals surface area contributed by atoms with E-state index in [1.54, 1.807) is 7.11 Å². The van der Waals surface area contributed by atoms with Crippen LogP contribution in [0.15, 0.2) is 0 Å². The lowest BCUT2D eigenvalue weighted by Crippen LogP contribution is -2.48. The Morgan fingerprint density at radius 3 is 2.64 bits per heavy atom. The normalized spacial score (nSPS) is 33.0. The Balaban J connectivity index is 2.04. The van der Waals surface area contributed by atoms with Crippen molar-refractivity contribution in [3.8, 4) is 0 Å². The molecule has 2 heteroatoms. The summed E-state index contributed by atoms with van der Waals surface area (Å²) in [5.41, 5.74) is 0. The van der Waals surface area contributed by atoms with Gasteiger partial charge in [-0.25, -0.2) is 0 Å². The van der Waals surface area contributed by atoms with Crippen molar-refractivity contribution in [1.82, 2.24) is 5.32 Å². The summed E-state index contributed by atoms with van der Waals surface area (Å²) in [6.45, 7) is 4.45. The maximum absolute atomic E-state index is 5.19. The van der Waals surface area contributed by atoms with Crippen LogP contribution in [0.1, 0.15) is 33.1 Å². The quantitative estimate of drug-likeness (QED) is 0.668. The van der Waals surface area contributed by atoms with E-state index in [0.29, 0.717) is 12.1 Å². The van der Waals surface area contributed by atoms with E-state index < -0.39 is 0 Å². The van der Waals surface area contributed by atoms with E-state index in [1.165, 1.54) is 19.3 Å². The molecule has 1 rings (SSSR count). The average molecular weight is 157 g/mol. The van der Waals surface area contributed by atoms with Crippen molar-refractivity contribution < 1.29 is 4.74 Å². The zero-order chi connectivity index (χ0) is 8.27. The Hall–Kier alpha value is -0.0800. The Kier molecular flexibility index (Phi) is 3.34. The van der Waals surface area contributed by atoms with E-state index in [4.69, 9.17) is 4.74 Å². The summed E-state index contributed by atoms with van der Waals surface area (Å²) >= 11 is 0. The summed E-state index contributed by atoms with van der Waals surface area (Å²) in [6.07, 6.45) is 4.13. The number of rotatable bonds is 4. The standard InChI is InChI=1S/C9H19NO/c1-4-7(2)10-8-5-9(6-8)11-3/h7-10H,4-6H2,1-3H3. The van der Waals surface area contributed by atoms with Gasteiger partial charge in [0.05, 0.1) is 6.10 Å². The van der Waals surface area contributed by atoms with Crippen LogP contribution in [0.2, 0.25) is 0 Å². The molecule has 1 fully saturated rings. The summed E-state index contributed by atoms with van der Waals surface area (Å²) in [5.74, 6) is 0. The second-order valence-corrected chi connectivity index (χ2v) is 3.50. The topological polar surface area (TPSA) is 21.3 Å². The molecule has 0 aliphatic heterocycles. The van der Waals surface area contributed by atoms with Crippen molar-refractivity contribution >= 4 is 0 Å². The van der Waals surface area contributed by atoms with Crippen LogP contribution in [0.5, 0.6) is 0 Å². The first-order valence-electron chi connectivity index (χ1n) is 4.55. The number of nitrogens with one attached hydrogen (secondary N) is 1. The molecule has 0 bridgehead atoms. The van der Waals surface area contributed by atoms with E-state index in [0.717, 1.165) is 6.04 Å². The molecule has 1 N–H and O–H groups in total. The van der Waals surface area contributed by atoms with Gasteiger partial charge < -0.3 is 10.1 Å². The van der Waals surface area contributed by atoms with Crippen LogP contribution in [0.3, 0.4) is 0 Å². The molecule has 0 saturated heterocycles. The number of hydrogen-bond acceptors (Lipinski definition) is 2. The monoisotopic (exact) mass is 157 g/mol. The fourth-order valence-corrected chi connectivity index (χ4v) is 1.41. The summed E-state index contributed by atoms with van der Waals surface area (Å²) in [4.78, 5) is 0. The second kappa shape index (κ2) is 4.07. The second-order valence-electron chi connectivity index (χ2n) is 3.50. The molecule has 1 aliphatic carbocycles. The molecule has 0 spiro atoms. The summed E-state index contributed by atoms with van der Waals surface area (Å²) in [5, 5.41) is 3.55. The molecule has 0 heterocycles. The molecule has 0 aromatic carbocycles. The van der Waals surface area contributed by atoms with E-state index in [-0.39, 0.29) is 0 Å². The van der Waals surface area contributed by atoms with E-state index in [9.17, 15) is 0 Å². The van der Waals surface area contributed by atoms with E-state index in [2.05, 4.69) is 19.2 Å². The van der Waals surface area contributed by atoms with Crippen molar-refractivity contribution in [2.45, 2.75) is 51.3 Å². The first kappa shape index (κ1) is 9.01. The number of methoxy groups -OCH3 is 1. The smallest absolute Gasteiger partial charge is 0.0601 e. The van der Waals surface area contributed by atoms with Gasteiger partial charge in [0.25, 0.3) is 0 Å². The highest BCUT2D eigenvalue weighted by molar-refractivity contribution is 4.86. The van der Waals surface area contributed by atoms with Crippen LogP contribution in [-0.4, -0.2) is 25.3 Å². The third kappa shape index (κ3) is 2.46. The zero-order valence-electron chi connectivity index (χ0n) is 7.76. The zero-order valence-corrected chi connectivity index (χ0v) is 7.76. The minimum atomic E-state index is 0.525. The predicted molar refractivity (Wildman–Crippen MR) is 46.7 cm³/mol. The van der Waals surface area contributed by atoms with Gasteiger partial charge in [0.15, 0.2) is 0 Å². The van der Waals surface area contributed by atoms with Crippen LogP contribution in [0.4, 0.5) is 0 Å². The molecular formula is C9H19NO. The van der Waals surface area contributed by atoms with Crippen LogP contribution in [-0.2, 0) is 4.74 Å². The molecule has 0 aromatic heterocycles. The largest absolute Gasteiger partial charge is 0.381 e. The van der Waals surface area contributed by atoms with Crippen molar-refractivity contribution in [3.63, 3.8) is 0 Å². The minimum Gasteiger partial charge on any atom is -0.381 e. The third-order valence-electron chi connectivity index (χ3n) is 2.56. The molecule has 1 saturated carbocycles. The lowest BCUT2D eigenvalue weighted by molar-refractivity contribution is 0.0147. The lowest BCUT2D eigenvalue weighted by Gasteiger charge is -2.36. The summed E-state index contributed by atoms with van der Waals surface area (Å²) in [6, 6.07) is 1.38. The molecule has 0 amide bonds. The first-order chi connectivity index (χ1) is 5.26. The Labute approximate surface area is 69.3 Å². The van der Waals surface area contributed by atoms with Gasteiger partial charge in [-0.15, -0.1) is 0 Å². The van der Waals surface area contributed by atoms with Crippen LogP contribution < -0.4 is 5.32 Å². The molecule has 1 aliphatic rings. The van der Waals surface area contributed by atoms with Crippen LogP contribution in [0.25, 0.3) is 0 Å². The van der Waals surface area contributed by atoms with Crippen LogP contribution >= 0.6 is 0 Å². The van der Waals surface area contributed by atoms with E-state index >= 15 is 0 Å².